The van der Waals surface area contributed by atoms with Crippen LogP contribution in [-0.2, 0) is 4.79 Å². The summed E-state index contributed by atoms with van der Waals surface area (Å²) < 4.78 is 0.780. The number of carboxylic acids is 1. The molecule has 0 aliphatic heterocycles. The lowest BCUT2D eigenvalue weighted by Crippen LogP contribution is -2.35. The van der Waals surface area contributed by atoms with Crippen LogP contribution in [0.4, 0.5) is 0 Å². The first-order valence-electron chi connectivity index (χ1n) is 6.04. The quantitative estimate of drug-likeness (QED) is 0.776. The second-order valence-corrected chi connectivity index (χ2v) is 6.66. The fourth-order valence-electron chi connectivity index (χ4n) is 1.80. The maximum Gasteiger partial charge on any atom is 0.308 e. The third kappa shape index (κ3) is 5.46. The number of hydrogen-bond acceptors (Lipinski definition) is 2. The Morgan fingerprint density at radius 2 is 2.11 bits per heavy atom. The van der Waals surface area contributed by atoms with E-state index in [1.165, 1.54) is 0 Å². The Kier molecular flexibility index (Phi) is 5.17. The van der Waals surface area contributed by atoms with Crippen molar-refractivity contribution in [3.63, 3.8) is 0 Å². The molecule has 1 unspecified atom stereocenters. The molecule has 1 aromatic heterocycles. The molecule has 106 valence electrons. The molecule has 0 aliphatic carbocycles. The second kappa shape index (κ2) is 6.23. The third-order valence-electron chi connectivity index (χ3n) is 2.61. The zero-order chi connectivity index (χ0) is 14.6. The normalized spacial score (nSPS) is 13.1. The van der Waals surface area contributed by atoms with Gasteiger partial charge in [0.05, 0.1) is 5.92 Å². The summed E-state index contributed by atoms with van der Waals surface area (Å²) >= 11 is 3.24. The topological polar surface area (TPSA) is 82.2 Å². The molecular formula is C13H19BrN2O3. The highest BCUT2D eigenvalue weighted by Crippen LogP contribution is 2.24. The van der Waals surface area contributed by atoms with Crippen molar-refractivity contribution in [2.24, 2.45) is 11.3 Å². The van der Waals surface area contributed by atoms with Gasteiger partial charge in [0.1, 0.15) is 5.69 Å². The lowest BCUT2D eigenvalue weighted by Gasteiger charge is -2.23. The summed E-state index contributed by atoms with van der Waals surface area (Å²) in [7, 11) is 0. The molecule has 5 nitrogen and oxygen atoms in total. The maximum absolute atomic E-state index is 11.8. The molecule has 0 radical (unpaired) electrons. The van der Waals surface area contributed by atoms with Crippen LogP contribution in [0.5, 0.6) is 0 Å². The number of amides is 1. The van der Waals surface area contributed by atoms with Crippen molar-refractivity contribution in [2.75, 3.05) is 6.54 Å². The van der Waals surface area contributed by atoms with Crippen molar-refractivity contribution in [1.82, 2.24) is 10.3 Å². The summed E-state index contributed by atoms with van der Waals surface area (Å²) in [5, 5.41) is 11.8. The Morgan fingerprint density at radius 3 is 2.53 bits per heavy atom. The number of halogens is 1. The Labute approximate surface area is 120 Å². The molecule has 6 heteroatoms. The second-order valence-electron chi connectivity index (χ2n) is 5.74. The number of aliphatic carboxylic acids is 1. The van der Waals surface area contributed by atoms with Crippen LogP contribution in [0.25, 0.3) is 0 Å². The molecule has 3 N–H and O–H groups in total. The van der Waals surface area contributed by atoms with Gasteiger partial charge in [0.2, 0.25) is 0 Å². The van der Waals surface area contributed by atoms with E-state index in [4.69, 9.17) is 5.11 Å². The average Bonchev–Trinajstić information content (AvgIpc) is 2.68. The first-order valence-corrected chi connectivity index (χ1v) is 6.83. The van der Waals surface area contributed by atoms with Crippen LogP contribution in [0, 0.1) is 11.3 Å². The summed E-state index contributed by atoms with van der Waals surface area (Å²) in [6.45, 7) is 6.06. The van der Waals surface area contributed by atoms with E-state index in [1.54, 1.807) is 12.3 Å². The molecule has 1 heterocycles. The summed E-state index contributed by atoms with van der Waals surface area (Å²) in [5.41, 5.74) is 0.315. The van der Waals surface area contributed by atoms with Gasteiger partial charge in [0, 0.05) is 17.2 Å². The largest absolute Gasteiger partial charge is 0.481 e. The Morgan fingerprint density at radius 1 is 1.47 bits per heavy atom. The Bertz CT molecular complexity index is 463. The number of carbonyl (C=O) groups is 2. The molecule has 0 spiro atoms. The highest BCUT2D eigenvalue weighted by molar-refractivity contribution is 9.10. The molecule has 1 amide bonds. The minimum absolute atomic E-state index is 0.0940. The smallest absolute Gasteiger partial charge is 0.308 e. The van der Waals surface area contributed by atoms with E-state index < -0.39 is 11.9 Å². The van der Waals surface area contributed by atoms with Crippen molar-refractivity contribution in [1.29, 1.82) is 0 Å². The standard InChI is InChI=1S/C13H19BrN2O3/c1-13(2,3)5-8(12(18)19)6-16-11(17)10-4-9(14)7-15-10/h4,7-8,15H,5-6H2,1-3H3,(H,16,17)(H,18,19). The fourth-order valence-corrected chi connectivity index (χ4v) is 2.14. The molecule has 1 aromatic rings. The van der Waals surface area contributed by atoms with Crippen LogP contribution < -0.4 is 5.32 Å². The number of aromatic amines is 1. The summed E-state index contributed by atoms with van der Waals surface area (Å²) in [6, 6.07) is 1.65. The van der Waals surface area contributed by atoms with E-state index >= 15 is 0 Å². The average molecular weight is 331 g/mol. The lowest BCUT2D eigenvalue weighted by atomic mass is 9.84. The third-order valence-corrected chi connectivity index (χ3v) is 3.07. The molecule has 0 fully saturated rings. The van der Waals surface area contributed by atoms with Crippen molar-refractivity contribution >= 4 is 27.8 Å². The van der Waals surface area contributed by atoms with E-state index in [0.29, 0.717) is 12.1 Å². The first kappa shape index (κ1) is 15.8. The van der Waals surface area contributed by atoms with Crippen LogP contribution in [0.2, 0.25) is 0 Å². The minimum atomic E-state index is -0.886. The molecular weight excluding hydrogens is 312 g/mol. The number of hydrogen-bond donors (Lipinski definition) is 3. The van der Waals surface area contributed by atoms with Crippen molar-refractivity contribution in [2.45, 2.75) is 27.2 Å². The van der Waals surface area contributed by atoms with Crippen molar-refractivity contribution in [3.8, 4) is 0 Å². The molecule has 0 aliphatic rings. The molecule has 19 heavy (non-hydrogen) atoms. The van der Waals surface area contributed by atoms with Gasteiger partial charge >= 0.3 is 5.97 Å². The van der Waals surface area contributed by atoms with E-state index in [0.717, 1.165) is 4.47 Å². The number of nitrogens with one attached hydrogen (secondary N) is 2. The molecule has 0 saturated heterocycles. The lowest BCUT2D eigenvalue weighted by molar-refractivity contribution is -0.142. The first-order chi connectivity index (χ1) is 8.69. The molecule has 0 aromatic carbocycles. The van der Waals surface area contributed by atoms with E-state index in [9.17, 15) is 9.59 Å². The molecule has 0 saturated carbocycles. The monoisotopic (exact) mass is 330 g/mol. The molecule has 1 rings (SSSR count). The molecule has 1 atom stereocenters. The predicted octanol–water partition coefficient (Wildman–Crippen LogP) is 2.64. The van der Waals surface area contributed by atoms with Gasteiger partial charge in [-0.15, -0.1) is 0 Å². The van der Waals surface area contributed by atoms with E-state index in [1.807, 2.05) is 20.8 Å². The number of H-pyrrole nitrogens is 1. The van der Waals surface area contributed by atoms with E-state index in [-0.39, 0.29) is 17.9 Å². The number of carboxylic acid groups (broad SMARTS) is 1. The van der Waals surface area contributed by atoms with Gasteiger partial charge in [-0.25, -0.2) is 0 Å². The minimum Gasteiger partial charge on any atom is -0.481 e. The Hall–Kier alpha value is -1.30. The van der Waals surface area contributed by atoms with Crippen LogP contribution in [-0.4, -0.2) is 28.5 Å². The van der Waals surface area contributed by atoms with Crippen molar-refractivity contribution < 1.29 is 14.7 Å². The number of aromatic nitrogens is 1. The van der Waals surface area contributed by atoms with Gasteiger partial charge in [-0.3, -0.25) is 9.59 Å². The molecule has 0 bridgehead atoms. The summed E-state index contributed by atoms with van der Waals surface area (Å²) in [6.07, 6.45) is 2.16. The zero-order valence-corrected chi connectivity index (χ0v) is 12.9. The highest BCUT2D eigenvalue weighted by atomic mass is 79.9. The Balaban J connectivity index is 2.57. The zero-order valence-electron chi connectivity index (χ0n) is 11.3. The van der Waals surface area contributed by atoms with Crippen LogP contribution in [0.3, 0.4) is 0 Å². The van der Waals surface area contributed by atoms with Gasteiger partial charge in [0.15, 0.2) is 0 Å². The van der Waals surface area contributed by atoms with Crippen LogP contribution >= 0.6 is 15.9 Å². The number of carbonyl (C=O) groups excluding carboxylic acids is 1. The number of rotatable bonds is 5. The predicted molar refractivity (Wildman–Crippen MR) is 76.0 cm³/mol. The van der Waals surface area contributed by atoms with E-state index in [2.05, 4.69) is 26.2 Å². The van der Waals surface area contributed by atoms with Gasteiger partial charge in [-0.2, -0.15) is 0 Å². The van der Waals surface area contributed by atoms with Gasteiger partial charge in [-0.05, 0) is 33.8 Å². The SMILES string of the molecule is CC(C)(C)CC(CNC(=O)c1cc(Br)c[nH]1)C(=O)O. The summed E-state index contributed by atoms with van der Waals surface area (Å²) in [4.78, 5) is 25.8. The summed E-state index contributed by atoms with van der Waals surface area (Å²) in [5.74, 6) is -1.77. The fraction of sp³-hybridized carbons (Fsp3) is 0.538. The van der Waals surface area contributed by atoms with Gasteiger partial charge in [-0.1, -0.05) is 20.8 Å². The van der Waals surface area contributed by atoms with Gasteiger partial charge < -0.3 is 15.4 Å². The van der Waals surface area contributed by atoms with Crippen molar-refractivity contribution in [3.05, 3.63) is 22.4 Å². The maximum atomic E-state index is 11.8. The van der Waals surface area contributed by atoms with Crippen LogP contribution in [0.15, 0.2) is 16.7 Å². The highest BCUT2D eigenvalue weighted by Gasteiger charge is 2.25. The van der Waals surface area contributed by atoms with Crippen LogP contribution in [0.1, 0.15) is 37.7 Å². The van der Waals surface area contributed by atoms with Gasteiger partial charge in [0.25, 0.3) is 5.91 Å².